The Hall–Kier alpha value is -0.490. The van der Waals surface area contributed by atoms with E-state index in [1.54, 1.807) is 13.8 Å². The van der Waals surface area contributed by atoms with Gasteiger partial charge in [0.15, 0.2) is 6.29 Å². The molecule has 0 radical (unpaired) electrons. The Morgan fingerprint density at radius 2 is 1.43 bits per heavy atom. The van der Waals surface area contributed by atoms with Gasteiger partial charge in [0.2, 0.25) is 0 Å². The molecule has 1 saturated heterocycles. The number of unbranched alkanes of at least 4 members (excludes halogenated alkanes) is 1. The van der Waals surface area contributed by atoms with Crippen LogP contribution in [-0.4, -0.2) is 47.2 Å². The first-order chi connectivity index (χ1) is 9.79. The summed E-state index contributed by atoms with van der Waals surface area (Å²) in [5.41, 5.74) is 0. The number of hydrogen-bond acceptors (Lipinski definition) is 5. The number of ether oxygens (including phenoxy) is 2. The second kappa shape index (κ2) is 14.4. The third-order valence-electron chi connectivity index (χ3n) is 3.02. The predicted molar refractivity (Wildman–Crippen MR) is 84.1 cm³/mol. The number of aldehydes is 1. The van der Waals surface area contributed by atoms with Crippen molar-refractivity contribution in [1.29, 1.82) is 0 Å². The van der Waals surface area contributed by atoms with Gasteiger partial charge in [0.05, 0.1) is 24.4 Å². The van der Waals surface area contributed by atoms with Crippen molar-refractivity contribution in [2.75, 3.05) is 0 Å². The molecule has 21 heavy (non-hydrogen) atoms. The Kier molecular flexibility index (Phi) is 15.7. The lowest BCUT2D eigenvalue weighted by Crippen LogP contribution is -2.17. The number of aliphatic hydroxyl groups excluding tert-OH is 2. The van der Waals surface area contributed by atoms with E-state index in [0.717, 1.165) is 25.5 Å². The van der Waals surface area contributed by atoms with Crippen LogP contribution in [0.1, 0.15) is 67.2 Å². The standard InChI is InChI=1S/C8H16O2.C4H10O2.C4H8O/c1-4-5-8-9-6(2)7(3)10-8;1-3(5)4(2)6;1-2-3-4-5/h6-8H,4-5H2,1-3H3;3-6H,1-2H3;4H,2-3H2,1H3. The molecule has 1 fully saturated rings. The summed E-state index contributed by atoms with van der Waals surface area (Å²) >= 11 is 0. The first-order valence-corrected chi connectivity index (χ1v) is 7.90. The molecule has 1 aliphatic heterocycles. The first-order valence-electron chi connectivity index (χ1n) is 7.90. The fraction of sp³-hybridized carbons (Fsp3) is 0.938. The molecular weight excluding hydrogens is 272 g/mol. The van der Waals surface area contributed by atoms with Crippen LogP contribution >= 0.6 is 0 Å². The fourth-order valence-electron chi connectivity index (χ4n) is 1.22. The number of carbonyl (C=O) groups is 1. The molecule has 5 nitrogen and oxygen atoms in total. The van der Waals surface area contributed by atoms with Crippen LogP contribution in [0, 0.1) is 0 Å². The highest BCUT2D eigenvalue weighted by atomic mass is 16.7. The van der Waals surface area contributed by atoms with Crippen LogP contribution in [0.2, 0.25) is 0 Å². The first kappa shape index (κ1) is 22.8. The highest BCUT2D eigenvalue weighted by Crippen LogP contribution is 2.20. The van der Waals surface area contributed by atoms with Crippen molar-refractivity contribution in [2.24, 2.45) is 0 Å². The Labute approximate surface area is 129 Å². The maximum absolute atomic E-state index is 9.40. The zero-order chi connectivity index (χ0) is 16.8. The van der Waals surface area contributed by atoms with Crippen molar-refractivity contribution in [3.05, 3.63) is 0 Å². The van der Waals surface area contributed by atoms with Gasteiger partial charge in [-0.15, -0.1) is 0 Å². The summed E-state index contributed by atoms with van der Waals surface area (Å²) in [6, 6.07) is 0. The van der Waals surface area contributed by atoms with Crippen molar-refractivity contribution in [1.82, 2.24) is 0 Å². The van der Waals surface area contributed by atoms with Crippen LogP contribution in [-0.2, 0) is 14.3 Å². The molecule has 0 aromatic heterocycles. The summed E-state index contributed by atoms with van der Waals surface area (Å²) in [5, 5.41) is 16.8. The van der Waals surface area contributed by atoms with Gasteiger partial charge in [-0.3, -0.25) is 0 Å². The van der Waals surface area contributed by atoms with E-state index in [9.17, 15) is 4.79 Å². The molecule has 0 bridgehead atoms. The van der Waals surface area contributed by atoms with Gasteiger partial charge in [-0.25, -0.2) is 0 Å². The molecule has 4 unspecified atom stereocenters. The quantitative estimate of drug-likeness (QED) is 0.764. The van der Waals surface area contributed by atoms with Crippen LogP contribution in [0.25, 0.3) is 0 Å². The van der Waals surface area contributed by atoms with Crippen molar-refractivity contribution >= 4 is 6.29 Å². The van der Waals surface area contributed by atoms with Crippen molar-refractivity contribution in [3.8, 4) is 0 Å². The summed E-state index contributed by atoms with van der Waals surface area (Å²) < 4.78 is 11.0. The van der Waals surface area contributed by atoms with Gasteiger partial charge in [-0.1, -0.05) is 20.3 Å². The molecule has 2 N–H and O–H groups in total. The maximum Gasteiger partial charge on any atom is 0.158 e. The Morgan fingerprint density at radius 3 is 1.62 bits per heavy atom. The Bertz CT molecular complexity index is 215. The molecule has 0 saturated carbocycles. The zero-order valence-corrected chi connectivity index (χ0v) is 14.4. The zero-order valence-electron chi connectivity index (χ0n) is 14.4. The molecule has 0 amide bonds. The minimum Gasteiger partial charge on any atom is -0.391 e. The minimum absolute atomic E-state index is 0.0648. The monoisotopic (exact) mass is 306 g/mol. The average molecular weight is 306 g/mol. The fourth-order valence-corrected chi connectivity index (χ4v) is 1.22. The molecule has 128 valence electrons. The lowest BCUT2D eigenvalue weighted by Gasteiger charge is -2.06. The summed E-state index contributed by atoms with van der Waals surface area (Å²) in [7, 11) is 0. The molecule has 0 aromatic carbocycles. The molecule has 1 rings (SSSR count). The normalized spacial score (nSPS) is 26.8. The smallest absolute Gasteiger partial charge is 0.158 e. The van der Waals surface area contributed by atoms with E-state index in [2.05, 4.69) is 20.8 Å². The molecule has 5 heteroatoms. The van der Waals surface area contributed by atoms with E-state index in [1.807, 2.05) is 6.92 Å². The lowest BCUT2D eigenvalue weighted by molar-refractivity contribution is -0.107. The van der Waals surface area contributed by atoms with Gasteiger partial charge in [-0.2, -0.15) is 0 Å². The lowest BCUT2D eigenvalue weighted by atomic mass is 10.3. The average Bonchev–Trinajstić information content (AvgIpc) is 2.71. The van der Waals surface area contributed by atoms with Crippen LogP contribution < -0.4 is 0 Å². The van der Waals surface area contributed by atoms with E-state index in [0.29, 0.717) is 6.42 Å². The third kappa shape index (κ3) is 14.2. The Morgan fingerprint density at radius 1 is 1.00 bits per heavy atom. The molecule has 0 aliphatic carbocycles. The van der Waals surface area contributed by atoms with Crippen LogP contribution in [0.15, 0.2) is 0 Å². The summed E-state index contributed by atoms with van der Waals surface area (Å²) in [4.78, 5) is 9.40. The van der Waals surface area contributed by atoms with Gasteiger partial charge < -0.3 is 24.5 Å². The minimum atomic E-state index is -0.593. The van der Waals surface area contributed by atoms with Crippen molar-refractivity contribution < 1.29 is 24.5 Å². The number of rotatable bonds is 5. The van der Waals surface area contributed by atoms with Gasteiger partial charge in [0, 0.05) is 6.42 Å². The number of aliphatic hydroxyl groups is 2. The molecule has 4 atom stereocenters. The van der Waals surface area contributed by atoms with Crippen LogP contribution in [0.3, 0.4) is 0 Å². The molecule has 1 aliphatic rings. The van der Waals surface area contributed by atoms with Crippen molar-refractivity contribution in [3.63, 3.8) is 0 Å². The largest absolute Gasteiger partial charge is 0.391 e. The second-order valence-electron chi connectivity index (χ2n) is 5.34. The molecular formula is C16H34O5. The van der Waals surface area contributed by atoms with E-state index in [4.69, 9.17) is 19.7 Å². The summed E-state index contributed by atoms with van der Waals surface area (Å²) in [6.45, 7) is 11.3. The Balaban J connectivity index is 0. The van der Waals surface area contributed by atoms with E-state index in [1.165, 1.54) is 0 Å². The highest BCUT2D eigenvalue weighted by Gasteiger charge is 2.28. The van der Waals surface area contributed by atoms with Crippen molar-refractivity contribution in [2.45, 2.75) is 97.9 Å². The van der Waals surface area contributed by atoms with Gasteiger partial charge in [0.25, 0.3) is 0 Å². The van der Waals surface area contributed by atoms with Gasteiger partial charge >= 0.3 is 0 Å². The van der Waals surface area contributed by atoms with E-state index >= 15 is 0 Å². The second-order valence-corrected chi connectivity index (χ2v) is 5.34. The number of hydrogen-bond donors (Lipinski definition) is 2. The summed E-state index contributed by atoms with van der Waals surface area (Å²) in [5.74, 6) is 0. The maximum atomic E-state index is 9.40. The predicted octanol–water partition coefficient (Wildman–Crippen LogP) is 2.67. The van der Waals surface area contributed by atoms with E-state index < -0.39 is 12.2 Å². The highest BCUT2D eigenvalue weighted by molar-refractivity contribution is 5.48. The molecule has 0 spiro atoms. The van der Waals surface area contributed by atoms with Crippen LogP contribution in [0.5, 0.6) is 0 Å². The molecule has 0 aromatic rings. The SMILES string of the molecule is CC(O)C(C)O.CCCC1OC(C)C(C)O1.CCCC=O. The van der Waals surface area contributed by atoms with E-state index in [-0.39, 0.29) is 18.5 Å². The topological polar surface area (TPSA) is 76.0 Å². The summed E-state index contributed by atoms with van der Waals surface area (Å²) in [6.07, 6.45) is 4.19. The van der Waals surface area contributed by atoms with Gasteiger partial charge in [0.1, 0.15) is 6.29 Å². The van der Waals surface area contributed by atoms with Gasteiger partial charge in [-0.05, 0) is 40.5 Å². The van der Waals surface area contributed by atoms with Crippen LogP contribution in [0.4, 0.5) is 0 Å². The third-order valence-corrected chi connectivity index (χ3v) is 3.02. The number of carbonyl (C=O) groups excluding carboxylic acids is 1. The molecule has 1 heterocycles.